The van der Waals surface area contributed by atoms with Crippen molar-refractivity contribution < 1.29 is 26.8 Å². The lowest BCUT2D eigenvalue weighted by molar-refractivity contribution is 0.0964. The van der Waals surface area contributed by atoms with Crippen molar-refractivity contribution in [2.24, 2.45) is 0 Å². The van der Waals surface area contributed by atoms with Gasteiger partial charge < -0.3 is 0 Å². The van der Waals surface area contributed by atoms with Crippen LogP contribution in [0.2, 0.25) is 10.0 Å². The van der Waals surface area contributed by atoms with Gasteiger partial charge in [-0.2, -0.15) is 0 Å². The van der Waals surface area contributed by atoms with Gasteiger partial charge in [0, 0.05) is 23.3 Å². The minimum atomic E-state index is -3.96. The molecule has 7 nitrogen and oxygen atoms in total. The first-order valence-corrected chi connectivity index (χ1v) is 16.2. The minimum Gasteiger partial charge on any atom is -0.288 e. The Balaban J connectivity index is 1.54. The second-order valence-corrected chi connectivity index (χ2v) is 13.1. The van der Waals surface area contributed by atoms with Crippen LogP contribution in [0.4, 0.5) is 14.5 Å². The van der Waals surface area contributed by atoms with E-state index in [4.69, 9.17) is 23.2 Å². The van der Waals surface area contributed by atoms with Crippen LogP contribution in [0.3, 0.4) is 0 Å². The first-order valence-electron chi connectivity index (χ1n) is 13.8. The Hall–Kier alpha value is -4.38. The molecule has 1 aliphatic rings. The zero-order valence-electron chi connectivity index (χ0n) is 23.6. The Labute approximate surface area is 267 Å². The number of carbonyl (C=O) groups excluding carboxylic acids is 2. The van der Waals surface area contributed by atoms with Crippen LogP contribution >= 0.6 is 23.2 Å². The SMILES string of the molecule is CCCS(=O)(=O)Nc1ccc(F)c(C(=O)c2cn(C(=O)c3c(Cl)cccc3Cl)c3ncc(-c4ccc5c(c4)C=CC5)cc23)c1F. The maximum Gasteiger partial charge on any atom is 0.266 e. The van der Waals surface area contributed by atoms with Crippen LogP contribution in [-0.2, 0) is 16.4 Å². The van der Waals surface area contributed by atoms with E-state index in [1.54, 1.807) is 19.1 Å². The van der Waals surface area contributed by atoms with Crippen molar-refractivity contribution in [1.82, 2.24) is 9.55 Å². The molecular weight excluding hydrogens is 643 g/mol. The fourth-order valence-corrected chi connectivity index (χ4v) is 7.00. The highest BCUT2D eigenvalue weighted by atomic mass is 35.5. The van der Waals surface area contributed by atoms with E-state index in [-0.39, 0.29) is 44.4 Å². The molecule has 2 aromatic heterocycles. The van der Waals surface area contributed by atoms with Gasteiger partial charge in [-0.05, 0) is 65.9 Å². The number of benzene rings is 3. The number of ketones is 1. The number of allylic oxidation sites excluding steroid dienone is 1. The van der Waals surface area contributed by atoms with Crippen LogP contribution in [0, 0.1) is 11.6 Å². The molecule has 0 saturated carbocycles. The lowest BCUT2D eigenvalue weighted by Gasteiger charge is -2.11. The van der Waals surface area contributed by atoms with Crippen molar-refractivity contribution in [1.29, 1.82) is 0 Å². The molecule has 6 rings (SSSR count). The highest BCUT2D eigenvalue weighted by Crippen LogP contribution is 2.34. The zero-order chi connectivity index (χ0) is 32.0. The summed E-state index contributed by atoms with van der Waals surface area (Å²) in [4.78, 5) is 32.2. The fraction of sp³-hybridized carbons (Fsp3) is 0.121. The van der Waals surface area contributed by atoms with Gasteiger partial charge in [0.05, 0.1) is 38.2 Å². The van der Waals surface area contributed by atoms with Crippen molar-refractivity contribution >= 4 is 67.7 Å². The highest BCUT2D eigenvalue weighted by molar-refractivity contribution is 7.92. The molecule has 1 aliphatic carbocycles. The van der Waals surface area contributed by atoms with Gasteiger partial charge in [-0.15, -0.1) is 0 Å². The van der Waals surface area contributed by atoms with Crippen LogP contribution in [0.25, 0.3) is 28.2 Å². The Kier molecular flexibility index (Phi) is 8.07. The molecule has 45 heavy (non-hydrogen) atoms. The van der Waals surface area contributed by atoms with Crippen LogP contribution in [0.1, 0.15) is 50.8 Å². The molecule has 0 spiro atoms. The lowest BCUT2D eigenvalue weighted by Crippen LogP contribution is -2.18. The number of hydrogen-bond donors (Lipinski definition) is 1. The van der Waals surface area contributed by atoms with Gasteiger partial charge in [0.1, 0.15) is 11.5 Å². The molecule has 228 valence electrons. The van der Waals surface area contributed by atoms with Gasteiger partial charge in [-0.1, -0.05) is 60.5 Å². The van der Waals surface area contributed by atoms with Crippen LogP contribution in [-0.4, -0.2) is 35.4 Å². The summed E-state index contributed by atoms with van der Waals surface area (Å²) in [7, 11) is -3.96. The van der Waals surface area contributed by atoms with Gasteiger partial charge in [-0.25, -0.2) is 22.2 Å². The van der Waals surface area contributed by atoms with Crippen molar-refractivity contribution in [3.63, 3.8) is 0 Å². The van der Waals surface area contributed by atoms with E-state index in [1.807, 2.05) is 30.4 Å². The van der Waals surface area contributed by atoms with Crippen LogP contribution < -0.4 is 4.72 Å². The summed E-state index contributed by atoms with van der Waals surface area (Å²) in [5.74, 6) is -4.76. The third kappa shape index (κ3) is 5.65. The molecular formula is C33H23Cl2F2N3O4S. The third-order valence-electron chi connectivity index (χ3n) is 7.45. The smallest absolute Gasteiger partial charge is 0.266 e. The van der Waals surface area contributed by atoms with E-state index in [2.05, 4.69) is 9.71 Å². The molecule has 0 atom stereocenters. The van der Waals surface area contributed by atoms with Crippen molar-refractivity contribution in [3.05, 3.63) is 123 Å². The number of pyridine rings is 1. The Bertz CT molecular complexity index is 2180. The van der Waals surface area contributed by atoms with Gasteiger partial charge >= 0.3 is 0 Å². The number of halogens is 4. The summed E-state index contributed by atoms with van der Waals surface area (Å²) >= 11 is 12.6. The molecule has 2 heterocycles. The summed E-state index contributed by atoms with van der Waals surface area (Å²) in [5.41, 5.74) is 1.66. The second kappa shape index (κ2) is 11.8. The number of fused-ring (bicyclic) bond motifs is 2. The number of anilines is 1. The predicted molar refractivity (Wildman–Crippen MR) is 172 cm³/mol. The quantitative estimate of drug-likeness (QED) is 0.170. The number of nitrogens with one attached hydrogen (secondary N) is 1. The molecule has 5 aromatic rings. The van der Waals surface area contributed by atoms with E-state index in [0.717, 1.165) is 46.0 Å². The zero-order valence-corrected chi connectivity index (χ0v) is 25.9. The van der Waals surface area contributed by atoms with E-state index >= 15 is 8.78 Å². The summed E-state index contributed by atoms with van der Waals surface area (Å²) in [6.45, 7) is 1.63. The normalized spacial score (nSPS) is 12.5. The third-order valence-corrected chi connectivity index (χ3v) is 9.56. The number of rotatable bonds is 8. The first-order chi connectivity index (χ1) is 21.5. The molecule has 12 heteroatoms. The molecule has 3 aromatic carbocycles. The van der Waals surface area contributed by atoms with Crippen LogP contribution in [0.15, 0.2) is 73.1 Å². The van der Waals surface area contributed by atoms with E-state index in [1.165, 1.54) is 18.3 Å². The summed E-state index contributed by atoms with van der Waals surface area (Å²) in [6, 6.07) is 13.7. The van der Waals surface area contributed by atoms with Crippen molar-refractivity contribution in [2.45, 2.75) is 19.8 Å². The summed E-state index contributed by atoms with van der Waals surface area (Å²) in [6.07, 6.45) is 7.76. The Morgan fingerprint density at radius 1 is 1.00 bits per heavy atom. The largest absolute Gasteiger partial charge is 0.288 e. The highest BCUT2D eigenvalue weighted by Gasteiger charge is 2.29. The average molecular weight is 667 g/mol. The number of aromatic nitrogens is 2. The molecule has 0 saturated heterocycles. The minimum absolute atomic E-state index is 0.0183. The van der Waals surface area contributed by atoms with Gasteiger partial charge in [-0.3, -0.25) is 18.9 Å². The maximum atomic E-state index is 15.7. The predicted octanol–water partition coefficient (Wildman–Crippen LogP) is 7.93. The molecule has 1 N–H and O–H groups in total. The number of sulfonamides is 1. The molecule has 0 aliphatic heterocycles. The van der Waals surface area contributed by atoms with E-state index in [0.29, 0.717) is 5.56 Å². The number of hydrogen-bond acceptors (Lipinski definition) is 5. The Morgan fingerprint density at radius 2 is 1.76 bits per heavy atom. The molecule has 0 radical (unpaired) electrons. The van der Waals surface area contributed by atoms with Crippen LogP contribution in [0.5, 0.6) is 0 Å². The monoisotopic (exact) mass is 665 g/mol. The van der Waals surface area contributed by atoms with Gasteiger partial charge in [0.25, 0.3) is 5.91 Å². The Morgan fingerprint density at radius 3 is 2.49 bits per heavy atom. The van der Waals surface area contributed by atoms with Gasteiger partial charge in [0.15, 0.2) is 5.82 Å². The fourth-order valence-electron chi connectivity index (χ4n) is 5.31. The first kappa shape index (κ1) is 30.6. The molecule has 0 amide bonds. The standard InChI is InChI=1S/C33H23Cl2F2N3O4S/c1-2-13-45(43,44)39-27-12-11-26(36)29(30(27)37)31(41)23-17-40(33(42)28-24(34)7-4-8-25(28)35)32-22(23)15-21(16-38-32)20-10-9-18-5-3-6-19(18)14-20/h3-4,6-12,14-17,39H,2,5,13H2,1H3. The maximum absolute atomic E-state index is 15.7. The van der Waals surface area contributed by atoms with Gasteiger partial charge in [0.2, 0.25) is 15.8 Å². The second-order valence-electron chi connectivity index (χ2n) is 10.5. The molecule has 0 unspecified atom stereocenters. The number of nitrogens with zero attached hydrogens (tertiary/aromatic N) is 2. The lowest BCUT2D eigenvalue weighted by atomic mass is 9.98. The van der Waals surface area contributed by atoms with E-state index in [9.17, 15) is 18.0 Å². The topological polar surface area (TPSA) is 98.1 Å². The summed E-state index contributed by atoms with van der Waals surface area (Å²) < 4.78 is 58.7. The molecule has 0 fully saturated rings. The summed E-state index contributed by atoms with van der Waals surface area (Å²) in [5, 5.41) is 0.226. The average Bonchev–Trinajstić information content (AvgIpc) is 3.62. The number of carbonyl (C=O) groups is 2. The molecule has 0 bridgehead atoms. The van der Waals surface area contributed by atoms with Crippen molar-refractivity contribution in [3.8, 4) is 11.1 Å². The van der Waals surface area contributed by atoms with E-state index < -0.39 is 44.6 Å². The van der Waals surface area contributed by atoms with Crippen molar-refractivity contribution in [2.75, 3.05) is 10.5 Å².